The molecule has 0 aliphatic heterocycles. The molecule has 1 aromatic carbocycles. The van der Waals surface area contributed by atoms with E-state index in [4.69, 9.17) is 0 Å². The van der Waals surface area contributed by atoms with Gasteiger partial charge in [0.15, 0.2) is 0 Å². The number of carbonyl (C=O) groups is 1. The van der Waals surface area contributed by atoms with Crippen molar-refractivity contribution in [3.63, 3.8) is 0 Å². The van der Waals surface area contributed by atoms with E-state index >= 15 is 0 Å². The fourth-order valence-electron chi connectivity index (χ4n) is 1.43. The lowest BCUT2D eigenvalue weighted by Crippen LogP contribution is -2.36. The zero-order chi connectivity index (χ0) is 12.3. The van der Waals surface area contributed by atoms with Crippen LogP contribution in [0.2, 0.25) is 0 Å². The maximum absolute atomic E-state index is 12.0. The molecular formula is C14H21NO. The Bertz CT molecular complexity index is 382. The number of benzene rings is 1. The summed E-state index contributed by atoms with van der Waals surface area (Å²) in [6.45, 7) is 10.2. The summed E-state index contributed by atoms with van der Waals surface area (Å²) in [5.74, 6) is 0.483. The number of amides is 1. The molecule has 88 valence electrons. The molecule has 0 unspecified atom stereocenters. The Labute approximate surface area is 98.1 Å². The van der Waals surface area contributed by atoms with Crippen molar-refractivity contribution in [2.45, 2.75) is 40.7 Å². The lowest BCUT2D eigenvalue weighted by atomic mass is 10.0. The number of hydrogen-bond donors (Lipinski definition) is 1. The van der Waals surface area contributed by atoms with Crippen LogP contribution in [0.5, 0.6) is 0 Å². The van der Waals surface area contributed by atoms with Crippen molar-refractivity contribution in [1.29, 1.82) is 0 Å². The van der Waals surface area contributed by atoms with Crippen LogP contribution in [0, 0.1) is 19.8 Å². The summed E-state index contributed by atoms with van der Waals surface area (Å²) in [5, 5.41) is 3.02. The first-order valence-electron chi connectivity index (χ1n) is 5.80. The number of aryl methyl sites for hydroxylation is 2. The van der Waals surface area contributed by atoms with E-state index in [0.29, 0.717) is 5.92 Å². The van der Waals surface area contributed by atoms with Crippen LogP contribution in [0.4, 0.5) is 0 Å². The number of hydrogen-bond acceptors (Lipinski definition) is 1. The molecule has 0 fully saturated rings. The Kier molecular flexibility index (Phi) is 4.11. The third-order valence-corrected chi connectivity index (χ3v) is 3.00. The predicted molar refractivity (Wildman–Crippen MR) is 67.7 cm³/mol. The molecule has 0 spiro atoms. The van der Waals surface area contributed by atoms with Gasteiger partial charge in [-0.1, -0.05) is 31.5 Å². The second-order valence-electron chi connectivity index (χ2n) is 4.82. The standard InChI is InChI=1S/C14H21NO/c1-9(2)12(5)15-14(16)13-8-10(3)6-7-11(13)4/h6-9,12H,1-5H3,(H,15,16)/t12-/m1/s1. The molecular weight excluding hydrogens is 198 g/mol. The first-order valence-corrected chi connectivity index (χ1v) is 5.80. The van der Waals surface area contributed by atoms with E-state index in [-0.39, 0.29) is 11.9 Å². The number of nitrogens with one attached hydrogen (secondary N) is 1. The van der Waals surface area contributed by atoms with E-state index in [1.165, 1.54) is 0 Å². The summed E-state index contributed by atoms with van der Waals surface area (Å²) in [7, 11) is 0. The van der Waals surface area contributed by atoms with E-state index in [1.54, 1.807) is 0 Å². The molecule has 0 radical (unpaired) electrons. The second-order valence-corrected chi connectivity index (χ2v) is 4.82. The monoisotopic (exact) mass is 219 g/mol. The molecule has 2 heteroatoms. The van der Waals surface area contributed by atoms with Gasteiger partial charge in [-0.25, -0.2) is 0 Å². The Morgan fingerprint density at radius 3 is 2.38 bits per heavy atom. The molecule has 1 amide bonds. The van der Waals surface area contributed by atoms with E-state index in [0.717, 1.165) is 16.7 Å². The molecule has 0 saturated carbocycles. The molecule has 1 N–H and O–H groups in total. The smallest absolute Gasteiger partial charge is 0.251 e. The zero-order valence-electron chi connectivity index (χ0n) is 10.8. The first kappa shape index (κ1) is 12.8. The molecule has 1 atom stereocenters. The summed E-state index contributed by atoms with van der Waals surface area (Å²) in [6, 6.07) is 6.16. The predicted octanol–water partition coefficient (Wildman–Crippen LogP) is 3.08. The SMILES string of the molecule is Cc1ccc(C)c(C(=O)N[C@H](C)C(C)C)c1. The quantitative estimate of drug-likeness (QED) is 0.831. The minimum atomic E-state index is 0.0300. The van der Waals surface area contributed by atoms with Gasteiger partial charge in [0.25, 0.3) is 5.91 Å². The average molecular weight is 219 g/mol. The van der Waals surface area contributed by atoms with Crippen molar-refractivity contribution in [1.82, 2.24) is 5.32 Å². The largest absolute Gasteiger partial charge is 0.349 e. The topological polar surface area (TPSA) is 29.1 Å². The van der Waals surface area contributed by atoms with Crippen LogP contribution in [0.1, 0.15) is 42.3 Å². The van der Waals surface area contributed by atoms with Crippen LogP contribution in [0.3, 0.4) is 0 Å². The fraction of sp³-hybridized carbons (Fsp3) is 0.500. The Morgan fingerprint density at radius 2 is 1.81 bits per heavy atom. The van der Waals surface area contributed by atoms with Gasteiger partial charge in [0, 0.05) is 11.6 Å². The summed E-state index contributed by atoms with van der Waals surface area (Å²) in [5.41, 5.74) is 2.93. The van der Waals surface area contributed by atoms with E-state index in [9.17, 15) is 4.79 Å². The van der Waals surface area contributed by atoms with E-state index in [2.05, 4.69) is 19.2 Å². The fourth-order valence-corrected chi connectivity index (χ4v) is 1.43. The van der Waals surface area contributed by atoms with Gasteiger partial charge in [-0.15, -0.1) is 0 Å². The minimum Gasteiger partial charge on any atom is -0.349 e. The van der Waals surface area contributed by atoms with Crippen LogP contribution < -0.4 is 5.32 Å². The maximum atomic E-state index is 12.0. The van der Waals surface area contributed by atoms with Gasteiger partial charge < -0.3 is 5.32 Å². The molecule has 0 aliphatic carbocycles. The van der Waals surface area contributed by atoms with Crippen molar-refractivity contribution < 1.29 is 4.79 Å². The maximum Gasteiger partial charge on any atom is 0.251 e. The molecule has 1 aromatic rings. The van der Waals surface area contributed by atoms with Gasteiger partial charge in [-0.2, -0.15) is 0 Å². The molecule has 2 nitrogen and oxygen atoms in total. The van der Waals surface area contributed by atoms with Crippen LogP contribution in [-0.4, -0.2) is 11.9 Å². The van der Waals surface area contributed by atoms with Gasteiger partial charge >= 0.3 is 0 Å². The Hall–Kier alpha value is -1.31. The van der Waals surface area contributed by atoms with Gasteiger partial charge in [-0.3, -0.25) is 4.79 Å². The van der Waals surface area contributed by atoms with Crippen molar-refractivity contribution in [2.75, 3.05) is 0 Å². The van der Waals surface area contributed by atoms with Crippen LogP contribution in [-0.2, 0) is 0 Å². The molecule has 16 heavy (non-hydrogen) atoms. The normalized spacial score (nSPS) is 12.6. The molecule has 1 rings (SSSR count). The van der Waals surface area contributed by atoms with Gasteiger partial charge in [0.1, 0.15) is 0 Å². The minimum absolute atomic E-state index is 0.0300. The lowest BCUT2D eigenvalue weighted by molar-refractivity contribution is 0.0930. The Balaban J connectivity index is 2.84. The van der Waals surface area contributed by atoms with E-state index in [1.807, 2.05) is 39.0 Å². The summed E-state index contributed by atoms with van der Waals surface area (Å²) < 4.78 is 0. The van der Waals surface area contributed by atoms with Crippen molar-refractivity contribution in [3.05, 3.63) is 34.9 Å². The summed E-state index contributed by atoms with van der Waals surface area (Å²) in [6.07, 6.45) is 0. The summed E-state index contributed by atoms with van der Waals surface area (Å²) >= 11 is 0. The highest BCUT2D eigenvalue weighted by atomic mass is 16.1. The highest BCUT2D eigenvalue weighted by molar-refractivity contribution is 5.95. The molecule has 0 saturated heterocycles. The second kappa shape index (κ2) is 5.15. The van der Waals surface area contributed by atoms with Gasteiger partial charge in [-0.05, 0) is 38.3 Å². The number of rotatable bonds is 3. The molecule has 0 heterocycles. The first-order chi connectivity index (χ1) is 7.41. The van der Waals surface area contributed by atoms with Gasteiger partial charge in [0.05, 0.1) is 0 Å². The average Bonchev–Trinajstić information content (AvgIpc) is 2.21. The van der Waals surface area contributed by atoms with Crippen LogP contribution in [0.25, 0.3) is 0 Å². The zero-order valence-corrected chi connectivity index (χ0v) is 10.8. The third kappa shape index (κ3) is 3.09. The van der Waals surface area contributed by atoms with E-state index < -0.39 is 0 Å². The van der Waals surface area contributed by atoms with Gasteiger partial charge in [0.2, 0.25) is 0 Å². The lowest BCUT2D eigenvalue weighted by Gasteiger charge is -2.18. The highest BCUT2D eigenvalue weighted by Crippen LogP contribution is 2.11. The summed E-state index contributed by atoms with van der Waals surface area (Å²) in [4.78, 5) is 12.0. The van der Waals surface area contributed by atoms with Crippen LogP contribution in [0.15, 0.2) is 18.2 Å². The van der Waals surface area contributed by atoms with Crippen molar-refractivity contribution in [2.24, 2.45) is 5.92 Å². The van der Waals surface area contributed by atoms with Crippen LogP contribution >= 0.6 is 0 Å². The highest BCUT2D eigenvalue weighted by Gasteiger charge is 2.14. The van der Waals surface area contributed by atoms with Crippen molar-refractivity contribution in [3.8, 4) is 0 Å². The van der Waals surface area contributed by atoms with Crippen molar-refractivity contribution >= 4 is 5.91 Å². The molecule has 0 aliphatic rings. The Morgan fingerprint density at radius 1 is 1.19 bits per heavy atom. The number of carbonyl (C=O) groups excluding carboxylic acids is 1. The third-order valence-electron chi connectivity index (χ3n) is 3.00. The molecule has 0 bridgehead atoms. The molecule has 0 aromatic heterocycles.